The van der Waals surface area contributed by atoms with E-state index >= 15 is 0 Å². The fourth-order valence-electron chi connectivity index (χ4n) is 4.04. The number of anilines is 2. The number of nitrogens with two attached hydrogens (primary N) is 1. The average Bonchev–Trinajstić information content (AvgIpc) is 3.32. The first-order valence-corrected chi connectivity index (χ1v) is 12.6. The summed E-state index contributed by atoms with van der Waals surface area (Å²) in [6.07, 6.45) is 0.969. The highest BCUT2D eigenvalue weighted by Gasteiger charge is 2.32. The van der Waals surface area contributed by atoms with Gasteiger partial charge < -0.3 is 25.3 Å². The van der Waals surface area contributed by atoms with E-state index in [0.29, 0.717) is 25.2 Å². The molecule has 0 aliphatic rings. The van der Waals surface area contributed by atoms with Gasteiger partial charge in [0.25, 0.3) is 5.56 Å². The molecule has 0 fully saturated rings. The van der Waals surface area contributed by atoms with Crippen molar-refractivity contribution >= 4 is 17.7 Å². The SMILES string of the molecule is Cn1ccnc1CN(CCCN)Cc1ccc(-c2c[nH]c(NC(=O)Nc3ccccc3OC(F)(F)F)nc2=O)cc1. The van der Waals surface area contributed by atoms with Crippen molar-refractivity contribution in [1.82, 2.24) is 24.4 Å². The van der Waals surface area contributed by atoms with Gasteiger partial charge in [-0.3, -0.25) is 15.0 Å². The van der Waals surface area contributed by atoms with Gasteiger partial charge in [0.05, 0.1) is 17.8 Å². The van der Waals surface area contributed by atoms with Crippen LogP contribution in [0.3, 0.4) is 0 Å². The van der Waals surface area contributed by atoms with Crippen LogP contribution in [0.15, 0.2) is 71.9 Å². The molecule has 0 saturated heterocycles. The number of urea groups is 1. The zero-order chi connectivity index (χ0) is 29.4. The fourth-order valence-corrected chi connectivity index (χ4v) is 4.04. The lowest BCUT2D eigenvalue weighted by atomic mass is 10.1. The number of rotatable bonds is 11. The zero-order valence-electron chi connectivity index (χ0n) is 22.1. The summed E-state index contributed by atoms with van der Waals surface area (Å²) < 4.78 is 43.8. The summed E-state index contributed by atoms with van der Waals surface area (Å²) in [5.74, 6) is 0.166. The molecule has 14 heteroatoms. The van der Waals surface area contributed by atoms with Gasteiger partial charge in [-0.2, -0.15) is 4.98 Å². The van der Waals surface area contributed by atoms with Crippen LogP contribution in [0.4, 0.5) is 29.6 Å². The number of carbonyl (C=O) groups excluding carboxylic acids is 1. The smallest absolute Gasteiger partial charge is 0.404 e. The van der Waals surface area contributed by atoms with Gasteiger partial charge in [0.2, 0.25) is 5.95 Å². The lowest BCUT2D eigenvalue weighted by Gasteiger charge is -2.22. The number of nitrogens with zero attached hydrogens (tertiary/aromatic N) is 4. The predicted molar refractivity (Wildman–Crippen MR) is 147 cm³/mol. The van der Waals surface area contributed by atoms with E-state index in [1.54, 1.807) is 18.3 Å². The van der Waals surface area contributed by atoms with Crippen molar-refractivity contribution in [2.45, 2.75) is 25.9 Å². The van der Waals surface area contributed by atoms with E-state index in [0.717, 1.165) is 30.4 Å². The fraction of sp³-hybridized carbons (Fsp3) is 0.259. The van der Waals surface area contributed by atoms with Crippen LogP contribution in [0.5, 0.6) is 5.75 Å². The van der Waals surface area contributed by atoms with Crippen molar-refractivity contribution in [3.63, 3.8) is 0 Å². The monoisotopic (exact) mass is 570 g/mol. The second-order valence-corrected chi connectivity index (χ2v) is 9.10. The van der Waals surface area contributed by atoms with E-state index in [9.17, 15) is 22.8 Å². The number of hydrogen-bond donors (Lipinski definition) is 4. The van der Waals surface area contributed by atoms with E-state index in [-0.39, 0.29) is 17.2 Å². The van der Waals surface area contributed by atoms with Crippen molar-refractivity contribution in [2.75, 3.05) is 23.7 Å². The van der Waals surface area contributed by atoms with E-state index < -0.39 is 23.7 Å². The first kappa shape index (κ1) is 29.3. The molecule has 2 amide bonds. The lowest BCUT2D eigenvalue weighted by Crippen LogP contribution is -2.27. The van der Waals surface area contributed by atoms with Crippen molar-refractivity contribution < 1.29 is 22.7 Å². The molecule has 2 aromatic carbocycles. The van der Waals surface area contributed by atoms with Gasteiger partial charge in [-0.15, -0.1) is 13.2 Å². The van der Waals surface area contributed by atoms with Crippen LogP contribution in [0.1, 0.15) is 17.8 Å². The maximum Gasteiger partial charge on any atom is 0.573 e. The number of alkyl halides is 3. The number of aryl methyl sites for hydroxylation is 1. The van der Waals surface area contributed by atoms with E-state index in [1.807, 2.05) is 29.9 Å². The van der Waals surface area contributed by atoms with E-state index in [2.05, 4.69) is 35.2 Å². The highest BCUT2D eigenvalue weighted by molar-refractivity contribution is 5.99. The number of ether oxygens (including phenoxy) is 1. The highest BCUT2D eigenvalue weighted by Crippen LogP contribution is 2.30. The highest BCUT2D eigenvalue weighted by atomic mass is 19.4. The Hall–Kier alpha value is -4.69. The summed E-state index contributed by atoms with van der Waals surface area (Å²) >= 11 is 0. The second kappa shape index (κ2) is 13.1. The first-order chi connectivity index (χ1) is 19.6. The predicted octanol–water partition coefficient (Wildman–Crippen LogP) is 4.06. The van der Waals surface area contributed by atoms with Gasteiger partial charge in [0.1, 0.15) is 5.82 Å². The number of amides is 2. The average molecular weight is 571 g/mol. The van der Waals surface area contributed by atoms with E-state index in [1.165, 1.54) is 24.4 Å². The molecule has 5 N–H and O–H groups in total. The summed E-state index contributed by atoms with van der Waals surface area (Å²) in [6, 6.07) is 11.6. The Morgan fingerprint density at radius 1 is 1.12 bits per heavy atom. The largest absolute Gasteiger partial charge is 0.573 e. The van der Waals surface area contributed by atoms with Crippen molar-refractivity contribution in [3.05, 3.63) is 88.9 Å². The van der Waals surface area contributed by atoms with Crippen molar-refractivity contribution in [3.8, 4) is 16.9 Å². The molecule has 0 bridgehead atoms. The number of imidazole rings is 1. The Balaban J connectivity index is 1.40. The summed E-state index contributed by atoms with van der Waals surface area (Å²) in [4.78, 5) is 38.3. The number of H-pyrrole nitrogens is 1. The topological polar surface area (TPSA) is 143 Å². The molecule has 2 aromatic heterocycles. The van der Waals surface area contributed by atoms with Gasteiger partial charge in [0, 0.05) is 38.7 Å². The number of nitrogens with one attached hydrogen (secondary N) is 3. The third-order valence-corrected chi connectivity index (χ3v) is 6.03. The Bertz CT molecular complexity index is 1520. The Morgan fingerprint density at radius 2 is 1.88 bits per heavy atom. The number of aromatic nitrogens is 4. The minimum atomic E-state index is -4.93. The Morgan fingerprint density at radius 3 is 2.54 bits per heavy atom. The molecule has 0 aliphatic heterocycles. The zero-order valence-corrected chi connectivity index (χ0v) is 22.1. The van der Waals surface area contributed by atoms with Crippen LogP contribution in [-0.2, 0) is 20.1 Å². The van der Waals surface area contributed by atoms with Crippen LogP contribution < -0.4 is 26.7 Å². The van der Waals surface area contributed by atoms with Crippen LogP contribution in [0.2, 0.25) is 0 Å². The number of halogens is 3. The van der Waals surface area contributed by atoms with Crippen LogP contribution >= 0.6 is 0 Å². The summed E-state index contributed by atoms with van der Waals surface area (Å²) in [6.45, 7) is 2.71. The number of carbonyl (C=O) groups is 1. The van der Waals surface area contributed by atoms with Gasteiger partial charge in [-0.25, -0.2) is 9.78 Å². The number of para-hydroxylation sites is 2. The first-order valence-electron chi connectivity index (χ1n) is 12.6. The van der Waals surface area contributed by atoms with E-state index in [4.69, 9.17) is 5.73 Å². The van der Waals surface area contributed by atoms with Crippen LogP contribution in [0.25, 0.3) is 11.1 Å². The maximum absolute atomic E-state index is 12.7. The molecule has 0 saturated carbocycles. The standard InChI is InChI=1S/C27H29F3N8O3/c1-37-14-12-32-23(37)17-38(13-4-11-31)16-18-7-9-19(10-8-18)20-15-33-25(35-24(20)39)36-26(40)34-21-5-2-3-6-22(21)41-27(28,29)30/h2-3,5-10,12,14-15H,4,11,13,16-17,31H2,1H3,(H3,33,34,35,36,39,40). The second-order valence-electron chi connectivity index (χ2n) is 9.10. The van der Waals surface area contributed by atoms with Gasteiger partial charge in [-0.1, -0.05) is 36.4 Å². The molecule has 0 radical (unpaired) electrons. The molecular formula is C27H29F3N8O3. The minimum absolute atomic E-state index is 0.188. The lowest BCUT2D eigenvalue weighted by molar-refractivity contribution is -0.274. The summed E-state index contributed by atoms with van der Waals surface area (Å²) in [5, 5.41) is 4.54. The normalized spacial score (nSPS) is 11.5. The summed E-state index contributed by atoms with van der Waals surface area (Å²) in [5.41, 5.74) is 6.82. The van der Waals surface area contributed by atoms with Crippen LogP contribution in [-0.4, -0.2) is 49.9 Å². The van der Waals surface area contributed by atoms with Gasteiger partial charge in [0.15, 0.2) is 5.75 Å². The third-order valence-electron chi connectivity index (χ3n) is 6.03. The molecule has 4 rings (SSSR count). The van der Waals surface area contributed by atoms with Crippen molar-refractivity contribution in [2.24, 2.45) is 12.8 Å². The Labute approximate surface area is 233 Å². The number of benzene rings is 2. The van der Waals surface area contributed by atoms with Gasteiger partial charge in [-0.05, 0) is 36.2 Å². The molecule has 0 spiro atoms. The molecular weight excluding hydrogens is 541 g/mol. The van der Waals surface area contributed by atoms with Crippen molar-refractivity contribution in [1.29, 1.82) is 0 Å². The molecule has 0 unspecified atom stereocenters. The molecule has 216 valence electrons. The summed E-state index contributed by atoms with van der Waals surface area (Å²) in [7, 11) is 1.95. The van der Waals surface area contributed by atoms with Gasteiger partial charge >= 0.3 is 12.4 Å². The molecule has 0 aliphatic carbocycles. The molecule has 2 heterocycles. The molecule has 0 atom stereocenters. The molecule has 41 heavy (non-hydrogen) atoms. The minimum Gasteiger partial charge on any atom is -0.404 e. The molecule has 11 nitrogen and oxygen atoms in total. The quantitative estimate of drug-likeness (QED) is 0.213. The Kier molecular flexibility index (Phi) is 9.37. The third kappa shape index (κ3) is 8.40. The van der Waals surface area contributed by atoms with Crippen LogP contribution in [0, 0.1) is 0 Å². The number of hydrogen-bond acceptors (Lipinski definition) is 7. The number of aromatic amines is 1. The maximum atomic E-state index is 12.7. The molecule has 4 aromatic rings.